The maximum atomic E-state index is 14.0. The Morgan fingerprint density at radius 1 is 1.14 bits per heavy atom. The summed E-state index contributed by atoms with van der Waals surface area (Å²) in [4.78, 5) is 31.2. The molecule has 1 saturated carbocycles. The number of fused-ring (bicyclic) bond motifs is 4. The van der Waals surface area contributed by atoms with Crippen molar-refractivity contribution >= 4 is 39.1 Å². The highest BCUT2D eigenvalue weighted by molar-refractivity contribution is 7.90. The van der Waals surface area contributed by atoms with Crippen LogP contribution >= 0.6 is 11.6 Å². The van der Waals surface area contributed by atoms with Crippen molar-refractivity contribution in [3.63, 3.8) is 0 Å². The molecule has 2 aromatic rings. The van der Waals surface area contributed by atoms with Crippen LogP contribution in [0.3, 0.4) is 0 Å². The van der Waals surface area contributed by atoms with Crippen LogP contribution in [0.15, 0.2) is 53.4 Å². The van der Waals surface area contributed by atoms with Crippen molar-refractivity contribution in [2.75, 3.05) is 58.0 Å². The van der Waals surface area contributed by atoms with Gasteiger partial charge >= 0.3 is 0 Å². The van der Waals surface area contributed by atoms with Crippen molar-refractivity contribution in [2.45, 2.75) is 68.3 Å². The highest BCUT2D eigenvalue weighted by Gasteiger charge is 2.45. The SMILES string of the molecule is CO[C@@H]1C=CC[C@H](C)[C@@H](CC(=O)N2CCOCC2)C(=O)NS(=O)(=O)c2ccc3c(c2)N(C[C@@H]2CC[C@H]21)C[C@@]1(CCCc2cc(Cl)ccc21)CO3. The number of sulfonamides is 1. The molecule has 2 aromatic carbocycles. The Morgan fingerprint density at radius 2 is 1.96 bits per heavy atom. The number of benzene rings is 2. The Balaban J connectivity index is 1.26. The van der Waals surface area contributed by atoms with Crippen molar-refractivity contribution in [1.82, 2.24) is 9.62 Å². The van der Waals surface area contributed by atoms with Crippen LogP contribution in [0.5, 0.6) is 5.75 Å². The topological polar surface area (TPSA) is 114 Å². The molecule has 2 aliphatic carbocycles. The molecule has 2 amide bonds. The first-order valence-electron chi connectivity index (χ1n) is 18.0. The van der Waals surface area contributed by atoms with Crippen molar-refractivity contribution in [3.05, 3.63) is 64.7 Å². The van der Waals surface area contributed by atoms with E-state index in [2.05, 4.69) is 27.8 Å². The number of carbonyl (C=O) groups is 2. The number of nitrogens with one attached hydrogen (secondary N) is 1. The fourth-order valence-corrected chi connectivity index (χ4v) is 9.98. The summed E-state index contributed by atoms with van der Waals surface area (Å²) in [5.41, 5.74) is 2.87. The standard InChI is InChI=1S/C38H48ClN3O7S/c1-25-5-3-7-34(47-2)30-11-8-27(30)22-42-23-38(14-4-6-26-19-28(39)9-12-32(26)38)24-49-35-13-10-29(20-33(35)42)50(45,46)40-37(44)31(25)21-36(43)41-15-17-48-18-16-41/h3,7,9-10,12-13,19-20,25,27,30-31,34H,4-6,8,11,14-18,21-24H2,1-2H3,(H,40,44)/t25-,27-,30+,31+,34+,38-/m0/s1. The van der Waals surface area contributed by atoms with Gasteiger partial charge in [0.1, 0.15) is 5.75 Å². The van der Waals surface area contributed by atoms with Gasteiger partial charge in [0.15, 0.2) is 0 Å². The highest BCUT2D eigenvalue weighted by atomic mass is 35.5. The highest BCUT2D eigenvalue weighted by Crippen LogP contribution is 2.47. The van der Waals surface area contributed by atoms with Crippen LogP contribution in [-0.2, 0) is 40.9 Å². The lowest BCUT2D eigenvalue weighted by atomic mass is 9.68. The molecule has 3 heterocycles. The van der Waals surface area contributed by atoms with Crippen LogP contribution in [0.4, 0.5) is 5.69 Å². The zero-order valence-corrected chi connectivity index (χ0v) is 30.5. The third-order valence-corrected chi connectivity index (χ3v) is 13.4. The number of rotatable bonds is 3. The van der Waals surface area contributed by atoms with Crippen LogP contribution in [0, 0.1) is 23.7 Å². The quantitative estimate of drug-likeness (QED) is 0.434. The summed E-state index contributed by atoms with van der Waals surface area (Å²) in [6, 6.07) is 11.0. The first-order chi connectivity index (χ1) is 24.1. The Morgan fingerprint density at radius 3 is 2.72 bits per heavy atom. The van der Waals surface area contributed by atoms with Gasteiger partial charge in [0.2, 0.25) is 11.8 Å². The predicted molar refractivity (Wildman–Crippen MR) is 191 cm³/mol. The molecule has 6 atom stereocenters. The van der Waals surface area contributed by atoms with Gasteiger partial charge < -0.3 is 24.0 Å². The summed E-state index contributed by atoms with van der Waals surface area (Å²) in [6.45, 7) is 5.52. The van der Waals surface area contributed by atoms with Gasteiger partial charge in [0.25, 0.3) is 10.0 Å². The molecular weight excluding hydrogens is 678 g/mol. The van der Waals surface area contributed by atoms with Gasteiger partial charge in [-0.2, -0.15) is 0 Å². The van der Waals surface area contributed by atoms with E-state index in [1.165, 1.54) is 17.2 Å². The van der Waals surface area contributed by atoms with Gasteiger partial charge in [-0.05, 0) is 97.7 Å². The largest absolute Gasteiger partial charge is 0.490 e. The van der Waals surface area contributed by atoms with Crippen LogP contribution in [-0.4, -0.2) is 84.3 Å². The van der Waals surface area contributed by atoms with Gasteiger partial charge in [-0.25, -0.2) is 13.1 Å². The second-order valence-electron chi connectivity index (χ2n) is 14.9. The lowest BCUT2D eigenvalue weighted by molar-refractivity contribution is -0.140. The van der Waals surface area contributed by atoms with Crippen LogP contribution in [0.2, 0.25) is 5.02 Å². The maximum absolute atomic E-state index is 14.0. The molecule has 270 valence electrons. The molecular formula is C38H48ClN3O7S. The molecule has 10 nitrogen and oxygen atoms in total. The number of ether oxygens (including phenoxy) is 3. The Hall–Kier alpha value is -3.12. The first kappa shape index (κ1) is 35.3. The van der Waals surface area contributed by atoms with Crippen molar-refractivity contribution in [2.24, 2.45) is 23.7 Å². The predicted octanol–water partition coefficient (Wildman–Crippen LogP) is 5.12. The van der Waals surface area contributed by atoms with Crippen LogP contribution < -0.4 is 14.4 Å². The summed E-state index contributed by atoms with van der Waals surface area (Å²) < 4.78 is 48.4. The third kappa shape index (κ3) is 7.03. The fraction of sp³-hybridized carbons (Fsp3) is 0.579. The minimum atomic E-state index is -4.28. The summed E-state index contributed by atoms with van der Waals surface area (Å²) in [5, 5.41) is 0.721. The number of aryl methyl sites for hydroxylation is 1. The van der Waals surface area contributed by atoms with E-state index in [-0.39, 0.29) is 40.6 Å². The van der Waals surface area contributed by atoms with Gasteiger partial charge in [0, 0.05) is 50.1 Å². The van der Waals surface area contributed by atoms with Crippen LogP contribution in [0.25, 0.3) is 0 Å². The molecule has 12 heteroatoms. The summed E-state index contributed by atoms with van der Waals surface area (Å²) in [6.07, 6.45) is 9.41. The Bertz CT molecular complexity index is 1750. The van der Waals surface area contributed by atoms with E-state index < -0.39 is 21.8 Å². The molecule has 0 aromatic heterocycles. The van der Waals surface area contributed by atoms with Crippen LogP contribution in [0.1, 0.15) is 56.6 Å². The average molecular weight is 726 g/mol. The summed E-state index contributed by atoms with van der Waals surface area (Å²) >= 11 is 6.44. The number of hydrogen-bond acceptors (Lipinski definition) is 8. The molecule has 3 aliphatic heterocycles. The Labute approximate surface area is 300 Å². The Kier molecular flexibility index (Phi) is 10.2. The molecule has 0 unspecified atom stereocenters. The smallest absolute Gasteiger partial charge is 0.264 e. The third-order valence-electron chi connectivity index (χ3n) is 11.8. The number of carbonyl (C=O) groups excluding carboxylic acids is 2. The molecule has 5 aliphatic rings. The van der Waals surface area contributed by atoms with E-state index in [0.717, 1.165) is 43.7 Å². The van der Waals surface area contributed by atoms with Gasteiger partial charge in [-0.1, -0.05) is 36.7 Å². The molecule has 7 rings (SSSR count). The number of nitrogens with zero attached hydrogens (tertiary/aromatic N) is 2. The number of methoxy groups -OCH3 is 1. The molecule has 1 saturated heterocycles. The zero-order chi connectivity index (χ0) is 35.0. The van der Waals surface area contributed by atoms with E-state index in [9.17, 15) is 18.0 Å². The molecule has 1 spiro atoms. The normalized spacial score (nSPS) is 31.0. The molecule has 2 fully saturated rings. The number of anilines is 1. The van der Waals surface area contributed by atoms with Gasteiger partial charge in [-0.3, -0.25) is 9.59 Å². The number of amides is 2. The number of hydrogen-bond donors (Lipinski definition) is 1. The molecule has 0 radical (unpaired) electrons. The zero-order valence-electron chi connectivity index (χ0n) is 28.9. The van der Waals surface area contributed by atoms with Crippen molar-refractivity contribution in [1.29, 1.82) is 0 Å². The summed E-state index contributed by atoms with van der Waals surface area (Å²) in [5.74, 6) is -0.775. The second kappa shape index (κ2) is 14.5. The lowest BCUT2D eigenvalue weighted by Crippen LogP contribution is -2.49. The van der Waals surface area contributed by atoms with Crippen molar-refractivity contribution in [3.8, 4) is 5.75 Å². The molecule has 2 bridgehead atoms. The number of morpholine rings is 1. The van der Waals surface area contributed by atoms with E-state index in [1.54, 1.807) is 24.1 Å². The monoisotopic (exact) mass is 725 g/mol. The number of halogens is 1. The molecule has 50 heavy (non-hydrogen) atoms. The van der Waals surface area contributed by atoms with E-state index >= 15 is 0 Å². The van der Waals surface area contributed by atoms with Gasteiger partial charge in [-0.15, -0.1) is 0 Å². The lowest BCUT2D eigenvalue weighted by Gasteiger charge is -2.46. The first-order valence-corrected chi connectivity index (χ1v) is 19.9. The number of allylic oxidation sites excluding steroid dienone is 1. The average Bonchev–Trinajstić information content (AvgIpc) is 3.24. The maximum Gasteiger partial charge on any atom is 0.264 e. The fourth-order valence-electron chi connectivity index (χ4n) is 8.74. The minimum absolute atomic E-state index is 0.0113. The second-order valence-corrected chi connectivity index (χ2v) is 17.0. The van der Waals surface area contributed by atoms with Gasteiger partial charge in [0.05, 0.1) is 42.4 Å². The molecule has 1 N–H and O–H groups in total. The van der Waals surface area contributed by atoms with Crippen molar-refractivity contribution < 1.29 is 32.2 Å². The van der Waals surface area contributed by atoms with E-state index in [4.69, 9.17) is 25.8 Å². The minimum Gasteiger partial charge on any atom is -0.490 e. The summed E-state index contributed by atoms with van der Waals surface area (Å²) in [7, 11) is -2.53. The van der Waals surface area contributed by atoms with E-state index in [0.29, 0.717) is 63.2 Å². The van der Waals surface area contributed by atoms with E-state index in [1.807, 2.05) is 19.1 Å².